The van der Waals surface area contributed by atoms with Gasteiger partial charge in [0.25, 0.3) is 0 Å². The fourth-order valence-electron chi connectivity index (χ4n) is 2.75. The van der Waals surface area contributed by atoms with Gasteiger partial charge in [-0.15, -0.1) is 0 Å². The van der Waals surface area contributed by atoms with Gasteiger partial charge in [-0.05, 0) is 36.6 Å². The first-order chi connectivity index (χ1) is 11.4. The molecule has 5 nitrogen and oxygen atoms in total. The van der Waals surface area contributed by atoms with Crippen molar-refractivity contribution in [1.82, 2.24) is 5.06 Å². The third-order valence-corrected chi connectivity index (χ3v) is 4.36. The number of hydrogen-bond donors (Lipinski definition) is 1. The van der Waals surface area contributed by atoms with Crippen LogP contribution in [0.4, 0.5) is 0 Å². The zero-order chi connectivity index (χ0) is 17.7. The van der Waals surface area contributed by atoms with E-state index >= 15 is 0 Å². The summed E-state index contributed by atoms with van der Waals surface area (Å²) in [7, 11) is 0. The van der Waals surface area contributed by atoms with Gasteiger partial charge < -0.3 is 5.21 Å². The minimum Gasteiger partial charge on any atom is -0.313 e. The molecule has 0 radical (unpaired) electrons. The Labute approximate surface area is 146 Å². The van der Waals surface area contributed by atoms with Crippen LogP contribution in [-0.2, 0) is 6.42 Å². The van der Waals surface area contributed by atoms with Gasteiger partial charge in [-0.3, -0.25) is 10.1 Å². The van der Waals surface area contributed by atoms with Crippen molar-refractivity contribution in [2.45, 2.75) is 38.4 Å². The van der Waals surface area contributed by atoms with Crippen LogP contribution in [-0.4, -0.2) is 27.3 Å². The van der Waals surface area contributed by atoms with E-state index in [1.165, 1.54) is 6.92 Å². The molecule has 128 valence electrons. The number of nitrogens with zero attached hydrogens (tertiary/aromatic N) is 2. The maximum absolute atomic E-state index is 11.3. The van der Waals surface area contributed by atoms with Crippen molar-refractivity contribution in [3.63, 3.8) is 0 Å². The summed E-state index contributed by atoms with van der Waals surface area (Å²) in [4.78, 5) is 10.9. The van der Waals surface area contributed by atoms with Crippen molar-refractivity contribution in [2.24, 2.45) is 0 Å². The zero-order valence-corrected chi connectivity index (χ0v) is 14.4. The quantitative estimate of drug-likeness (QED) is 0.596. The summed E-state index contributed by atoms with van der Waals surface area (Å²) in [6.45, 7) is 3.35. The molecule has 24 heavy (non-hydrogen) atoms. The Morgan fingerprint density at radius 2 is 1.71 bits per heavy atom. The maximum atomic E-state index is 11.3. The molecule has 3 unspecified atom stereocenters. The molecule has 0 aromatic heterocycles. The summed E-state index contributed by atoms with van der Waals surface area (Å²) in [5.74, 6) is 0. The lowest BCUT2D eigenvalue weighted by Crippen LogP contribution is -2.42. The standard InChI is InChI=1S/C18H21ClN2O3/c1-13(12-15-6-4-3-5-7-15)20(22)18(14(2)21(23)24)16-8-10-17(19)11-9-16/h3-11,13-14,18,22H,12H2,1-2H3. The van der Waals surface area contributed by atoms with E-state index in [1.54, 1.807) is 24.3 Å². The van der Waals surface area contributed by atoms with Crippen LogP contribution in [0.3, 0.4) is 0 Å². The maximum Gasteiger partial charge on any atom is 0.232 e. The van der Waals surface area contributed by atoms with Crippen LogP contribution >= 0.6 is 11.6 Å². The van der Waals surface area contributed by atoms with Crippen molar-refractivity contribution in [2.75, 3.05) is 0 Å². The third kappa shape index (κ3) is 4.54. The number of hydroxylamine groups is 2. The average Bonchev–Trinajstić information content (AvgIpc) is 2.57. The lowest BCUT2D eigenvalue weighted by molar-refractivity contribution is -0.533. The van der Waals surface area contributed by atoms with Crippen LogP contribution in [0.1, 0.15) is 31.0 Å². The Hall–Kier alpha value is -1.95. The third-order valence-electron chi connectivity index (χ3n) is 4.11. The molecule has 2 rings (SSSR count). The zero-order valence-electron chi connectivity index (χ0n) is 13.7. The van der Waals surface area contributed by atoms with E-state index in [1.807, 2.05) is 37.3 Å². The van der Waals surface area contributed by atoms with Gasteiger partial charge in [0.05, 0.1) is 0 Å². The highest BCUT2D eigenvalue weighted by atomic mass is 35.5. The summed E-state index contributed by atoms with van der Waals surface area (Å²) in [6, 6.07) is 14.5. The largest absolute Gasteiger partial charge is 0.313 e. The van der Waals surface area contributed by atoms with Gasteiger partial charge in [-0.1, -0.05) is 54.1 Å². The molecule has 1 N–H and O–H groups in total. The highest BCUT2D eigenvalue weighted by Crippen LogP contribution is 2.28. The van der Waals surface area contributed by atoms with Crippen molar-refractivity contribution < 1.29 is 10.1 Å². The number of rotatable bonds is 7. The summed E-state index contributed by atoms with van der Waals surface area (Å²) in [5.41, 5.74) is 1.72. The SMILES string of the molecule is CC(Cc1ccccc1)N(O)C(c1ccc(Cl)cc1)C(C)[N+](=O)[O-]. The molecule has 0 fully saturated rings. The van der Waals surface area contributed by atoms with Crippen LogP contribution < -0.4 is 0 Å². The number of nitro groups is 1. The average molecular weight is 349 g/mol. The molecule has 2 aromatic carbocycles. The Kier molecular flexibility index (Phi) is 6.31. The summed E-state index contributed by atoms with van der Waals surface area (Å²) in [6.07, 6.45) is 0.589. The number of benzene rings is 2. The van der Waals surface area contributed by atoms with Crippen LogP contribution in [0.25, 0.3) is 0 Å². The van der Waals surface area contributed by atoms with Gasteiger partial charge in [-0.25, -0.2) is 0 Å². The first kappa shape index (κ1) is 18.4. The van der Waals surface area contributed by atoms with Crippen LogP contribution in [0, 0.1) is 10.1 Å². The fraction of sp³-hybridized carbons (Fsp3) is 0.333. The van der Waals surface area contributed by atoms with E-state index in [0.717, 1.165) is 10.6 Å². The van der Waals surface area contributed by atoms with Crippen molar-refractivity contribution >= 4 is 11.6 Å². The second-order valence-electron chi connectivity index (χ2n) is 5.94. The molecule has 0 heterocycles. The fourth-order valence-corrected chi connectivity index (χ4v) is 2.88. The molecule has 6 heteroatoms. The second-order valence-corrected chi connectivity index (χ2v) is 6.38. The van der Waals surface area contributed by atoms with Crippen molar-refractivity contribution in [3.8, 4) is 0 Å². The highest BCUT2D eigenvalue weighted by molar-refractivity contribution is 6.30. The van der Waals surface area contributed by atoms with Gasteiger partial charge in [0, 0.05) is 22.9 Å². The van der Waals surface area contributed by atoms with Gasteiger partial charge in [0.2, 0.25) is 6.04 Å². The topological polar surface area (TPSA) is 66.6 Å². The van der Waals surface area contributed by atoms with E-state index in [2.05, 4.69) is 0 Å². The van der Waals surface area contributed by atoms with E-state index in [0.29, 0.717) is 17.0 Å². The lowest BCUT2D eigenvalue weighted by atomic mass is 9.97. The molecule has 0 aliphatic carbocycles. The Balaban J connectivity index is 2.25. The second kappa shape index (κ2) is 8.24. The predicted octanol–water partition coefficient (Wildman–Crippen LogP) is 4.37. The van der Waals surface area contributed by atoms with E-state index < -0.39 is 12.1 Å². The predicted molar refractivity (Wildman–Crippen MR) is 93.9 cm³/mol. The molecular formula is C18H21ClN2O3. The molecule has 0 spiro atoms. The molecule has 0 saturated heterocycles. The molecular weight excluding hydrogens is 328 g/mol. The van der Waals surface area contributed by atoms with Gasteiger partial charge in [0.15, 0.2) is 0 Å². The lowest BCUT2D eigenvalue weighted by Gasteiger charge is -2.31. The van der Waals surface area contributed by atoms with Crippen molar-refractivity contribution in [1.29, 1.82) is 0 Å². The molecule has 0 saturated carbocycles. The van der Waals surface area contributed by atoms with E-state index in [9.17, 15) is 15.3 Å². The van der Waals surface area contributed by atoms with Crippen LogP contribution in [0.5, 0.6) is 0 Å². The minimum atomic E-state index is -0.964. The van der Waals surface area contributed by atoms with E-state index in [-0.39, 0.29) is 11.0 Å². The smallest absolute Gasteiger partial charge is 0.232 e. The monoisotopic (exact) mass is 348 g/mol. The molecule has 0 aliphatic rings. The Morgan fingerprint density at radius 1 is 1.12 bits per heavy atom. The highest BCUT2D eigenvalue weighted by Gasteiger charge is 2.35. The van der Waals surface area contributed by atoms with Crippen LogP contribution in [0.15, 0.2) is 54.6 Å². The number of halogens is 1. The molecule has 0 bridgehead atoms. The van der Waals surface area contributed by atoms with Gasteiger partial charge in [0.1, 0.15) is 6.04 Å². The molecule has 3 atom stereocenters. The van der Waals surface area contributed by atoms with Crippen molar-refractivity contribution in [3.05, 3.63) is 80.9 Å². The number of hydrogen-bond acceptors (Lipinski definition) is 4. The molecule has 2 aromatic rings. The van der Waals surface area contributed by atoms with Crippen LogP contribution in [0.2, 0.25) is 5.02 Å². The van der Waals surface area contributed by atoms with E-state index in [4.69, 9.17) is 11.6 Å². The summed E-state index contributed by atoms with van der Waals surface area (Å²) >= 11 is 5.90. The minimum absolute atomic E-state index is 0.282. The Bertz CT molecular complexity index is 664. The molecule has 0 amide bonds. The summed E-state index contributed by atoms with van der Waals surface area (Å²) < 4.78 is 0. The summed E-state index contributed by atoms with van der Waals surface area (Å²) in [5, 5.41) is 23.6. The first-order valence-corrected chi connectivity index (χ1v) is 8.18. The first-order valence-electron chi connectivity index (χ1n) is 7.80. The normalized spacial score (nSPS) is 15.0. The van der Waals surface area contributed by atoms with Gasteiger partial charge >= 0.3 is 0 Å². The molecule has 0 aliphatic heterocycles. The van der Waals surface area contributed by atoms with Gasteiger partial charge in [-0.2, -0.15) is 5.06 Å². The Morgan fingerprint density at radius 3 is 2.25 bits per heavy atom.